The largest absolute Gasteiger partial charge is 0.493 e. The van der Waals surface area contributed by atoms with E-state index in [9.17, 15) is 10.1 Å². The lowest BCUT2D eigenvalue weighted by Crippen LogP contribution is -2.41. The van der Waals surface area contributed by atoms with Crippen molar-refractivity contribution in [3.8, 4) is 11.8 Å². The summed E-state index contributed by atoms with van der Waals surface area (Å²) in [6.07, 6.45) is 7.00. The van der Waals surface area contributed by atoms with Gasteiger partial charge in [0.2, 0.25) is 0 Å². The molecule has 1 N–H and O–H groups in total. The van der Waals surface area contributed by atoms with Crippen molar-refractivity contribution >= 4 is 22.8 Å². The van der Waals surface area contributed by atoms with Crippen molar-refractivity contribution < 1.29 is 9.53 Å². The van der Waals surface area contributed by atoms with Crippen LogP contribution in [0.1, 0.15) is 51.5 Å². The summed E-state index contributed by atoms with van der Waals surface area (Å²) < 4.78 is 5.90. The Labute approximate surface area is 167 Å². The summed E-state index contributed by atoms with van der Waals surface area (Å²) >= 11 is 0. The molecule has 4 heteroatoms. The van der Waals surface area contributed by atoms with Gasteiger partial charge in [0, 0.05) is 11.6 Å². The summed E-state index contributed by atoms with van der Waals surface area (Å²) in [5.41, 5.74) is 0.908. The van der Waals surface area contributed by atoms with Crippen LogP contribution in [0.4, 0.5) is 0 Å². The first-order valence-electron chi connectivity index (χ1n) is 10.2. The zero-order valence-electron chi connectivity index (χ0n) is 16.7. The Bertz CT molecular complexity index is 910. The molecular formula is C24H28N2O2. The quantitative estimate of drug-likeness (QED) is 0.554. The van der Waals surface area contributed by atoms with Crippen molar-refractivity contribution in [2.45, 2.75) is 52.0 Å². The SMILES string of the molecule is CCCOc1ccc2ccccc2c1/C=C(\C#N)C(=O)N[C@H]1CCCC[C@@H]1C. The number of carbonyl (C=O) groups is 1. The molecule has 0 radical (unpaired) electrons. The number of ether oxygens (including phenoxy) is 1. The van der Waals surface area contributed by atoms with E-state index in [0.717, 1.165) is 42.0 Å². The highest BCUT2D eigenvalue weighted by molar-refractivity contribution is 6.05. The van der Waals surface area contributed by atoms with E-state index in [0.29, 0.717) is 18.3 Å². The number of nitrogens with zero attached hydrogens (tertiary/aromatic N) is 1. The average molecular weight is 377 g/mol. The Morgan fingerprint density at radius 1 is 1.25 bits per heavy atom. The van der Waals surface area contributed by atoms with E-state index in [1.54, 1.807) is 6.08 Å². The van der Waals surface area contributed by atoms with Gasteiger partial charge in [0.1, 0.15) is 17.4 Å². The van der Waals surface area contributed by atoms with Gasteiger partial charge in [-0.3, -0.25) is 4.79 Å². The van der Waals surface area contributed by atoms with Gasteiger partial charge < -0.3 is 10.1 Å². The lowest BCUT2D eigenvalue weighted by atomic mass is 9.86. The molecule has 0 saturated heterocycles. The lowest BCUT2D eigenvalue weighted by Gasteiger charge is -2.29. The molecule has 0 spiro atoms. The van der Waals surface area contributed by atoms with Crippen LogP contribution in [0.2, 0.25) is 0 Å². The molecule has 2 aromatic carbocycles. The monoisotopic (exact) mass is 376 g/mol. The molecule has 0 unspecified atom stereocenters. The van der Waals surface area contributed by atoms with Crippen molar-refractivity contribution in [1.82, 2.24) is 5.32 Å². The van der Waals surface area contributed by atoms with E-state index < -0.39 is 0 Å². The molecule has 1 fully saturated rings. The smallest absolute Gasteiger partial charge is 0.262 e. The first-order chi connectivity index (χ1) is 13.6. The Balaban J connectivity index is 1.95. The Kier molecular flexibility index (Phi) is 6.71. The van der Waals surface area contributed by atoms with E-state index in [4.69, 9.17) is 4.74 Å². The topological polar surface area (TPSA) is 62.1 Å². The fourth-order valence-corrected chi connectivity index (χ4v) is 3.83. The molecule has 0 aliphatic heterocycles. The lowest BCUT2D eigenvalue weighted by molar-refractivity contribution is -0.118. The Morgan fingerprint density at radius 2 is 2.04 bits per heavy atom. The number of nitriles is 1. The minimum absolute atomic E-state index is 0.121. The molecule has 0 heterocycles. The van der Waals surface area contributed by atoms with Crippen LogP contribution in [-0.4, -0.2) is 18.6 Å². The zero-order chi connectivity index (χ0) is 19.9. The number of carbonyl (C=O) groups excluding carboxylic acids is 1. The molecule has 1 saturated carbocycles. The van der Waals surface area contributed by atoms with Crippen LogP contribution in [0.25, 0.3) is 16.8 Å². The number of rotatable bonds is 6. The van der Waals surface area contributed by atoms with E-state index in [1.807, 2.05) is 36.4 Å². The fourth-order valence-electron chi connectivity index (χ4n) is 3.83. The highest BCUT2D eigenvalue weighted by Gasteiger charge is 2.24. The van der Waals surface area contributed by atoms with Crippen LogP contribution in [-0.2, 0) is 4.79 Å². The van der Waals surface area contributed by atoms with E-state index in [-0.39, 0.29) is 17.5 Å². The van der Waals surface area contributed by atoms with E-state index in [1.165, 1.54) is 6.42 Å². The number of nitrogens with one attached hydrogen (secondary N) is 1. The van der Waals surface area contributed by atoms with Gasteiger partial charge in [-0.05, 0) is 48.1 Å². The first-order valence-corrected chi connectivity index (χ1v) is 10.2. The van der Waals surface area contributed by atoms with Crippen LogP contribution < -0.4 is 10.1 Å². The molecule has 3 rings (SSSR count). The minimum Gasteiger partial charge on any atom is -0.493 e. The minimum atomic E-state index is -0.296. The van der Waals surface area contributed by atoms with Crippen molar-refractivity contribution in [3.05, 3.63) is 47.5 Å². The first kappa shape index (κ1) is 19.9. The maximum atomic E-state index is 12.8. The standard InChI is InChI=1S/C24H28N2O2/c1-3-14-28-23-13-12-18-9-5-6-10-20(18)21(23)15-19(16-25)24(27)26-22-11-7-4-8-17(22)2/h5-6,9-10,12-13,15,17,22H,3-4,7-8,11,14H2,1-2H3,(H,26,27)/b19-15+/t17-,22-/m0/s1. The summed E-state index contributed by atoms with van der Waals surface area (Å²) in [5, 5.41) is 14.8. The highest BCUT2D eigenvalue weighted by atomic mass is 16.5. The Hall–Kier alpha value is -2.80. The van der Waals surface area contributed by atoms with Gasteiger partial charge >= 0.3 is 0 Å². The highest BCUT2D eigenvalue weighted by Crippen LogP contribution is 2.31. The second-order valence-electron chi connectivity index (χ2n) is 7.56. The van der Waals surface area contributed by atoms with Gasteiger partial charge in [-0.1, -0.05) is 57.0 Å². The molecule has 28 heavy (non-hydrogen) atoms. The summed E-state index contributed by atoms with van der Waals surface area (Å²) in [4.78, 5) is 12.8. The summed E-state index contributed by atoms with van der Waals surface area (Å²) in [5.74, 6) is 0.849. The van der Waals surface area contributed by atoms with Gasteiger partial charge in [0.25, 0.3) is 5.91 Å². The van der Waals surface area contributed by atoms with E-state index in [2.05, 4.69) is 25.2 Å². The number of hydrogen-bond acceptors (Lipinski definition) is 3. The number of benzene rings is 2. The third-order valence-electron chi connectivity index (χ3n) is 5.47. The summed E-state index contributed by atoms with van der Waals surface area (Å²) in [7, 11) is 0. The van der Waals surface area contributed by atoms with Crippen LogP contribution in [0.5, 0.6) is 5.75 Å². The second-order valence-corrected chi connectivity index (χ2v) is 7.56. The zero-order valence-corrected chi connectivity index (χ0v) is 16.7. The molecular weight excluding hydrogens is 348 g/mol. The summed E-state index contributed by atoms with van der Waals surface area (Å²) in [6, 6.07) is 14.1. The number of amides is 1. The second kappa shape index (κ2) is 9.41. The average Bonchev–Trinajstić information content (AvgIpc) is 2.72. The third kappa shape index (κ3) is 4.54. The van der Waals surface area contributed by atoms with Crippen molar-refractivity contribution in [2.75, 3.05) is 6.61 Å². The van der Waals surface area contributed by atoms with E-state index >= 15 is 0 Å². The van der Waals surface area contributed by atoms with Crippen molar-refractivity contribution in [2.24, 2.45) is 5.92 Å². The normalized spacial score (nSPS) is 19.8. The molecule has 0 aromatic heterocycles. The molecule has 4 nitrogen and oxygen atoms in total. The van der Waals surface area contributed by atoms with Crippen LogP contribution in [0.3, 0.4) is 0 Å². The predicted octanol–water partition coefficient (Wildman–Crippen LogP) is 5.23. The molecule has 1 amide bonds. The fraction of sp³-hybridized carbons (Fsp3) is 0.417. The van der Waals surface area contributed by atoms with Gasteiger partial charge in [0.15, 0.2) is 0 Å². The summed E-state index contributed by atoms with van der Waals surface area (Å²) in [6.45, 7) is 4.81. The van der Waals surface area contributed by atoms with Crippen LogP contribution in [0.15, 0.2) is 42.0 Å². The maximum absolute atomic E-state index is 12.8. The van der Waals surface area contributed by atoms with Gasteiger partial charge in [0.05, 0.1) is 6.61 Å². The Morgan fingerprint density at radius 3 is 2.79 bits per heavy atom. The van der Waals surface area contributed by atoms with Gasteiger partial charge in [-0.25, -0.2) is 0 Å². The molecule has 2 atom stereocenters. The predicted molar refractivity (Wildman–Crippen MR) is 113 cm³/mol. The number of hydrogen-bond donors (Lipinski definition) is 1. The van der Waals surface area contributed by atoms with Crippen LogP contribution in [0, 0.1) is 17.2 Å². The third-order valence-corrected chi connectivity index (χ3v) is 5.47. The molecule has 0 bridgehead atoms. The van der Waals surface area contributed by atoms with Crippen molar-refractivity contribution in [1.29, 1.82) is 5.26 Å². The van der Waals surface area contributed by atoms with Gasteiger partial charge in [-0.15, -0.1) is 0 Å². The maximum Gasteiger partial charge on any atom is 0.262 e. The molecule has 1 aliphatic rings. The van der Waals surface area contributed by atoms with Crippen molar-refractivity contribution in [3.63, 3.8) is 0 Å². The molecule has 2 aromatic rings. The van der Waals surface area contributed by atoms with Crippen LogP contribution >= 0.6 is 0 Å². The molecule has 146 valence electrons. The van der Waals surface area contributed by atoms with Gasteiger partial charge in [-0.2, -0.15) is 5.26 Å². The number of fused-ring (bicyclic) bond motifs is 1. The molecule has 1 aliphatic carbocycles.